The molecule has 33 heavy (non-hydrogen) atoms. The van der Waals surface area contributed by atoms with Gasteiger partial charge in [-0.1, -0.05) is 0 Å². The molecule has 1 saturated heterocycles. The molecule has 1 amide bonds. The number of nitrogens with zero attached hydrogens (tertiary/aromatic N) is 3. The zero-order valence-corrected chi connectivity index (χ0v) is 19.3. The van der Waals surface area contributed by atoms with E-state index in [-0.39, 0.29) is 16.4 Å². The van der Waals surface area contributed by atoms with E-state index in [0.29, 0.717) is 44.1 Å². The van der Waals surface area contributed by atoms with Crippen LogP contribution in [-0.2, 0) is 21.3 Å². The molecule has 1 aromatic heterocycles. The third-order valence-corrected chi connectivity index (χ3v) is 6.79. The number of hydrogen-bond acceptors (Lipinski definition) is 6. The smallest absolute Gasteiger partial charge is 0.258 e. The fraction of sp³-hybridized carbons (Fsp3) is 0.304. The Morgan fingerprint density at radius 1 is 1.09 bits per heavy atom. The molecule has 2 aromatic carbocycles. The highest BCUT2D eigenvalue weighted by Gasteiger charge is 2.20. The van der Waals surface area contributed by atoms with Gasteiger partial charge in [0.15, 0.2) is 0 Å². The Hall–Kier alpha value is -3.21. The molecule has 174 valence electrons. The first-order valence-electron chi connectivity index (χ1n) is 10.6. The average molecular weight is 471 g/mol. The number of carbonyl (C=O) groups excluding carboxylic acids is 1. The van der Waals surface area contributed by atoms with Gasteiger partial charge >= 0.3 is 0 Å². The third kappa shape index (κ3) is 4.50. The van der Waals surface area contributed by atoms with Crippen molar-refractivity contribution in [3.63, 3.8) is 0 Å². The van der Waals surface area contributed by atoms with E-state index in [2.05, 4.69) is 4.90 Å². The van der Waals surface area contributed by atoms with Gasteiger partial charge < -0.3 is 19.1 Å². The predicted octanol–water partition coefficient (Wildman–Crippen LogP) is 1.78. The first-order chi connectivity index (χ1) is 15.7. The van der Waals surface area contributed by atoms with Crippen molar-refractivity contribution < 1.29 is 17.9 Å². The van der Waals surface area contributed by atoms with Crippen LogP contribution in [0.3, 0.4) is 0 Å². The minimum atomic E-state index is -3.83. The monoisotopic (exact) mass is 470 g/mol. The number of anilines is 2. The quantitative estimate of drug-likeness (QED) is 0.608. The number of ether oxygens (including phenoxy) is 1. The first-order valence-corrected chi connectivity index (χ1v) is 12.2. The highest BCUT2D eigenvalue weighted by Crippen LogP contribution is 2.30. The molecule has 10 heteroatoms. The Morgan fingerprint density at radius 2 is 1.76 bits per heavy atom. The Bertz CT molecular complexity index is 1360. The zero-order chi connectivity index (χ0) is 23.8. The first kappa shape index (κ1) is 23.0. The van der Waals surface area contributed by atoms with Gasteiger partial charge in [-0.15, -0.1) is 0 Å². The van der Waals surface area contributed by atoms with E-state index < -0.39 is 10.0 Å². The summed E-state index contributed by atoms with van der Waals surface area (Å²) in [6.07, 6.45) is 0. The fourth-order valence-electron chi connectivity index (χ4n) is 4.05. The van der Waals surface area contributed by atoms with Gasteiger partial charge in [0.1, 0.15) is 0 Å². The Balaban J connectivity index is 1.75. The summed E-state index contributed by atoms with van der Waals surface area (Å²) in [5.41, 5.74) is 2.53. The lowest BCUT2D eigenvalue weighted by Crippen LogP contribution is -2.37. The molecule has 0 atom stereocenters. The molecule has 0 unspecified atom stereocenters. The number of sulfonamides is 1. The maximum Gasteiger partial charge on any atom is 0.258 e. The molecule has 0 bridgehead atoms. The minimum absolute atomic E-state index is 0.0555. The summed E-state index contributed by atoms with van der Waals surface area (Å²) in [4.78, 5) is 29.4. The van der Waals surface area contributed by atoms with Gasteiger partial charge in [0.25, 0.3) is 11.5 Å². The van der Waals surface area contributed by atoms with Gasteiger partial charge in [-0.3, -0.25) is 9.59 Å². The van der Waals surface area contributed by atoms with Crippen molar-refractivity contribution in [2.75, 3.05) is 43.2 Å². The van der Waals surface area contributed by atoms with Gasteiger partial charge in [-0.25, -0.2) is 13.6 Å². The number of fused-ring (bicyclic) bond motifs is 1. The van der Waals surface area contributed by atoms with Crippen molar-refractivity contribution in [1.82, 2.24) is 4.57 Å². The number of primary sulfonamides is 1. The van der Waals surface area contributed by atoms with Crippen LogP contribution in [0.25, 0.3) is 10.9 Å². The van der Waals surface area contributed by atoms with E-state index in [4.69, 9.17) is 9.88 Å². The summed E-state index contributed by atoms with van der Waals surface area (Å²) in [7, 11) is -2.18. The van der Waals surface area contributed by atoms with Crippen molar-refractivity contribution >= 4 is 38.2 Å². The molecular weight excluding hydrogens is 444 g/mol. The van der Waals surface area contributed by atoms with Crippen molar-refractivity contribution in [3.8, 4) is 0 Å². The Labute approximate surface area is 192 Å². The van der Waals surface area contributed by atoms with Crippen LogP contribution in [0.1, 0.15) is 17.3 Å². The van der Waals surface area contributed by atoms with Crippen molar-refractivity contribution in [2.24, 2.45) is 5.14 Å². The maximum atomic E-state index is 13.1. The van der Waals surface area contributed by atoms with Crippen molar-refractivity contribution in [2.45, 2.75) is 18.4 Å². The molecular formula is C23H26N4O5S. The number of hydrogen-bond donors (Lipinski definition) is 1. The number of rotatable bonds is 5. The topological polar surface area (TPSA) is 115 Å². The van der Waals surface area contributed by atoms with E-state index >= 15 is 0 Å². The lowest BCUT2D eigenvalue weighted by Gasteiger charge is -2.30. The molecule has 4 rings (SSSR count). The number of nitrogens with two attached hydrogens (primary N) is 1. The van der Waals surface area contributed by atoms with Crippen molar-refractivity contribution in [3.05, 3.63) is 64.4 Å². The molecule has 9 nitrogen and oxygen atoms in total. The fourth-order valence-corrected chi connectivity index (χ4v) is 4.57. The molecule has 1 aliphatic rings. The number of benzene rings is 2. The Morgan fingerprint density at radius 3 is 2.36 bits per heavy atom. The molecule has 2 N–H and O–H groups in total. The molecule has 0 spiro atoms. The SMILES string of the molecule is CCn1c(=O)cc(N2CCOCC2)c2cc(N(C)C(=O)c3ccc(S(N)(=O)=O)cc3)ccc21. The van der Waals surface area contributed by atoms with Crippen LogP contribution in [0.5, 0.6) is 0 Å². The molecule has 0 saturated carbocycles. The van der Waals surface area contributed by atoms with Gasteiger partial charge in [0, 0.05) is 49.4 Å². The number of aromatic nitrogens is 1. The van der Waals surface area contributed by atoms with Crippen LogP contribution in [0.4, 0.5) is 11.4 Å². The summed E-state index contributed by atoms with van der Waals surface area (Å²) in [5, 5.41) is 6.01. The Kier molecular flexibility index (Phi) is 6.24. The molecule has 0 radical (unpaired) electrons. The van der Waals surface area contributed by atoms with E-state index in [0.717, 1.165) is 16.6 Å². The zero-order valence-electron chi connectivity index (χ0n) is 18.5. The number of aryl methyl sites for hydroxylation is 1. The van der Waals surface area contributed by atoms with Crippen LogP contribution in [0.2, 0.25) is 0 Å². The van der Waals surface area contributed by atoms with Gasteiger partial charge in [0.2, 0.25) is 10.0 Å². The summed E-state index contributed by atoms with van der Waals surface area (Å²) in [5.74, 6) is -0.299. The summed E-state index contributed by atoms with van der Waals surface area (Å²) >= 11 is 0. The van der Waals surface area contributed by atoms with Gasteiger partial charge in [-0.05, 0) is 49.4 Å². The number of pyridine rings is 1. The normalized spacial score (nSPS) is 14.5. The summed E-state index contributed by atoms with van der Waals surface area (Å²) in [6.45, 7) is 4.99. The minimum Gasteiger partial charge on any atom is -0.378 e. The molecule has 1 fully saturated rings. The van der Waals surface area contributed by atoms with Gasteiger partial charge in [-0.2, -0.15) is 0 Å². The highest BCUT2D eigenvalue weighted by atomic mass is 32.2. The number of morpholine rings is 1. The lowest BCUT2D eigenvalue weighted by atomic mass is 10.1. The van der Waals surface area contributed by atoms with Crippen LogP contribution in [0.15, 0.2) is 58.2 Å². The second-order valence-electron chi connectivity index (χ2n) is 7.85. The number of carbonyl (C=O) groups is 1. The average Bonchev–Trinajstić information content (AvgIpc) is 2.82. The van der Waals surface area contributed by atoms with Crippen LogP contribution in [-0.4, -0.2) is 52.2 Å². The summed E-state index contributed by atoms with van der Waals surface area (Å²) in [6, 6.07) is 12.7. The van der Waals surface area contributed by atoms with Crippen LogP contribution >= 0.6 is 0 Å². The predicted molar refractivity (Wildman–Crippen MR) is 127 cm³/mol. The van der Waals surface area contributed by atoms with E-state index in [9.17, 15) is 18.0 Å². The standard InChI is InChI=1S/C23H26N4O5S/c1-3-27-20-9-6-17(14-19(20)21(15-22(27)28)26-10-12-32-13-11-26)25(2)23(29)16-4-7-18(8-5-16)33(24,30)31/h4-9,14-15H,3,10-13H2,1-2H3,(H2,24,30,31). The highest BCUT2D eigenvalue weighted by molar-refractivity contribution is 7.89. The second kappa shape index (κ2) is 8.97. The van der Waals surface area contributed by atoms with E-state index in [1.165, 1.54) is 29.2 Å². The second-order valence-corrected chi connectivity index (χ2v) is 9.41. The lowest BCUT2D eigenvalue weighted by molar-refractivity contribution is 0.0993. The van der Waals surface area contributed by atoms with Gasteiger partial charge in [0.05, 0.1) is 29.3 Å². The van der Waals surface area contributed by atoms with Crippen molar-refractivity contribution in [1.29, 1.82) is 0 Å². The van der Waals surface area contributed by atoms with E-state index in [1.807, 2.05) is 19.1 Å². The van der Waals surface area contributed by atoms with Crippen LogP contribution < -0.4 is 20.5 Å². The van der Waals surface area contributed by atoms with E-state index in [1.54, 1.807) is 23.7 Å². The largest absolute Gasteiger partial charge is 0.378 e. The third-order valence-electron chi connectivity index (χ3n) is 5.86. The molecule has 2 heterocycles. The molecule has 3 aromatic rings. The number of amides is 1. The maximum absolute atomic E-state index is 13.1. The molecule has 1 aliphatic heterocycles. The summed E-state index contributed by atoms with van der Waals surface area (Å²) < 4.78 is 30.1. The molecule has 0 aliphatic carbocycles. The van der Waals surface area contributed by atoms with Crippen LogP contribution in [0, 0.1) is 0 Å².